The van der Waals surface area contributed by atoms with Crippen LogP contribution in [-0.2, 0) is 6.54 Å². The third kappa shape index (κ3) is 4.32. The zero-order valence-electron chi connectivity index (χ0n) is 12.6. The lowest BCUT2D eigenvalue weighted by atomic mass is 10.1. The molecule has 0 aliphatic carbocycles. The monoisotopic (exact) mass is 312 g/mol. The first-order valence-corrected chi connectivity index (χ1v) is 7.47. The number of unbranched alkanes of at least 4 members (excludes halogenated alkanes) is 1. The second-order valence-electron chi connectivity index (χ2n) is 5.14. The van der Waals surface area contributed by atoms with Crippen LogP contribution in [-0.4, -0.2) is 31.5 Å². The summed E-state index contributed by atoms with van der Waals surface area (Å²) in [5, 5.41) is 19.1. The first-order valence-electron chi connectivity index (χ1n) is 7.47. The van der Waals surface area contributed by atoms with Crippen LogP contribution in [0.1, 0.15) is 12.8 Å². The van der Waals surface area contributed by atoms with Crippen LogP contribution in [0.4, 0.5) is 10.2 Å². The summed E-state index contributed by atoms with van der Waals surface area (Å²) in [4.78, 5) is 0. The summed E-state index contributed by atoms with van der Waals surface area (Å²) in [6.07, 6.45) is 5.48. The van der Waals surface area contributed by atoms with Gasteiger partial charge in [0.25, 0.3) is 0 Å². The molecule has 118 valence electrons. The van der Waals surface area contributed by atoms with Crippen molar-refractivity contribution in [3.63, 3.8) is 0 Å². The average Bonchev–Trinajstić information content (AvgIpc) is 3.09. The standard InChI is InChI=1S/C16H17FN6/c17-14-5-3-13(4-6-14)15-7-8-16(22-21-15)18-9-1-2-10-23-11-19-20-12-23/h3-8,11-12H,1-2,9-10H2,(H,18,22). The molecule has 7 heteroatoms. The minimum atomic E-state index is -0.258. The molecule has 23 heavy (non-hydrogen) atoms. The van der Waals surface area contributed by atoms with E-state index in [1.165, 1.54) is 12.1 Å². The van der Waals surface area contributed by atoms with Gasteiger partial charge in [0.2, 0.25) is 0 Å². The van der Waals surface area contributed by atoms with E-state index in [1.54, 1.807) is 24.8 Å². The van der Waals surface area contributed by atoms with E-state index in [0.29, 0.717) is 0 Å². The fourth-order valence-electron chi connectivity index (χ4n) is 2.17. The number of nitrogens with one attached hydrogen (secondary N) is 1. The van der Waals surface area contributed by atoms with Crippen LogP contribution in [0.25, 0.3) is 11.3 Å². The predicted octanol–water partition coefficient (Wildman–Crippen LogP) is 2.77. The van der Waals surface area contributed by atoms with E-state index in [2.05, 4.69) is 25.7 Å². The van der Waals surface area contributed by atoms with Crippen LogP contribution >= 0.6 is 0 Å². The molecular formula is C16H17FN6. The molecule has 0 saturated carbocycles. The summed E-state index contributed by atoms with van der Waals surface area (Å²) in [6.45, 7) is 1.73. The Morgan fingerprint density at radius 1 is 0.913 bits per heavy atom. The molecule has 2 heterocycles. The SMILES string of the molecule is Fc1ccc(-c2ccc(NCCCCn3cnnc3)nn2)cc1. The van der Waals surface area contributed by atoms with E-state index in [-0.39, 0.29) is 5.82 Å². The highest BCUT2D eigenvalue weighted by molar-refractivity contribution is 5.59. The molecule has 0 amide bonds. The van der Waals surface area contributed by atoms with E-state index in [9.17, 15) is 4.39 Å². The van der Waals surface area contributed by atoms with Crippen LogP contribution in [0.3, 0.4) is 0 Å². The molecule has 0 radical (unpaired) electrons. The molecule has 0 bridgehead atoms. The third-order valence-electron chi connectivity index (χ3n) is 3.42. The number of hydrogen-bond acceptors (Lipinski definition) is 5. The van der Waals surface area contributed by atoms with Crippen molar-refractivity contribution < 1.29 is 4.39 Å². The maximum absolute atomic E-state index is 12.9. The number of anilines is 1. The van der Waals surface area contributed by atoms with Gasteiger partial charge in [0.05, 0.1) is 5.69 Å². The second kappa shape index (κ2) is 7.44. The van der Waals surface area contributed by atoms with Gasteiger partial charge in [0.1, 0.15) is 24.3 Å². The molecule has 0 aliphatic heterocycles. The van der Waals surface area contributed by atoms with Crippen molar-refractivity contribution in [1.82, 2.24) is 25.0 Å². The van der Waals surface area contributed by atoms with Gasteiger partial charge < -0.3 is 9.88 Å². The Morgan fingerprint density at radius 2 is 1.70 bits per heavy atom. The molecule has 1 N–H and O–H groups in total. The third-order valence-corrected chi connectivity index (χ3v) is 3.42. The minimum absolute atomic E-state index is 0.258. The molecule has 1 aromatic carbocycles. The summed E-state index contributed by atoms with van der Waals surface area (Å²) in [7, 11) is 0. The molecule has 0 atom stereocenters. The van der Waals surface area contributed by atoms with Crippen LogP contribution in [0.5, 0.6) is 0 Å². The molecule has 0 spiro atoms. The summed E-state index contributed by atoms with van der Waals surface area (Å²) in [6, 6.07) is 9.97. The maximum Gasteiger partial charge on any atom is 0.148 e. The smallest absolute Gasteiger partial charge is 0.148 e. The van der Waals surface area contributed by atoms with Gasteiger partial charge in [-0.2, -0.15) is 0 Å². The van der Waals surface area contributed by atoms with Gasteiger partial charge in [0.15, 0.2) is 0 Å². The van der Waals surface area contributed by atoms with Gasteiger partial charge in [-0.1, -0.05) is 0 Å². The lowest BCUT2D eigenvalue weighted by Crippen LogP contribution is -2.05. The van der Waals surface area contributed by atoms with E-state index >= 15 is 0 Å². The van der Waals surface area contributed by atoms with E-state index in [4.69, 9.17) is 0 Å². The number of halogens is 1. The van der Waals surface area contributed by atoms with Crippen molar-refractivity contribution in [1.29, 1.82) is 0 Å². The molecular weight excluding hydrogens is 295 g/mol. The minimum Gasteiger partial charge on any atom is -0.369 e. The molecule has 3 rings (SSSR count). The van der Waals surface area contributed by atoms with Crippen molar-refractivity contribution in [2.75, 3.05) is 11.9 Å². The van der Waals surface area contributed by atoms with Crippen LogP contribution in [0.2, 0.25) is 0 Å². The van der Waals surface area contributed by atoms with E-state index < -0.39 is 0 Å². The number of hydrogen-bond donors (Lipinski definition) is 1. The Balaban J connectivity index is 1.45. The number of aromatic nitrogens is 5. The summed E-state index contributed by atoms with van der Waals surface area (Å²) in [5.41, 5.74) is 1.57. The molecule has 3 aromatic rings. The largest absolute Gasteiger partial charge is 0.369 e. The summed E-state index contributed by atoms with van der Waals surface area (Å²) >= 11 is 0. The highest BCUT2D eigenvalue weighted by Crippen LogP contribution is 2.17. The maximum atomic E-state index is 12.9. The summed E-state index contributed by atoms with van der Waals surface area (Å²) < 4.78 is 14.9. The van der Waals surface area contributed by atoms with Crippen LogP contribution < -0.4 is 5.32 Å². The van der Waals surface area contributed by atoms with Crippen LogP contribution in [0.15, 0.2) is 49.1 Å². The zero-order valence-corrected chi connectivity index (χ0v) is 12.6. The van der Waals surface area contributed by atoms with Gasteiger partial charge in [-0.15, -0.1) is 20.4 Å². The Bertz CT molecular complexity index is 709. The van der Waals surface area contributed by atoms with Crippen LogP contribution in [0, 0.1) is 5.82 Å². The molecule has 0 unspecified atom stereocenters. The van der Waals surface area contributed by atoms with Gasteiger partial charge in [-0.3, -0.25) is 0 Å². The average molecular weight is 312 g/mol. The molecule has 0 aliphatic rings. The normalized spacial score (nSPS) is 10.7. The number of nitrogens with zero attached hydrogens (tertiary/aromatic N) is 5. The Morgan fingerprint density at radius 3 is 2.39 bits per heavy atom. The Hall–Kier alpha value is -2.83. The van der Waals surface area contributed by atoms with Crippen molar-refractivity contribution >= 4 is 5.82 Å². The molecule has 2 aromatic heterocycles. The second-order valence-corrected chi connectivity index (χ2v) is 5.14. The zero-order chi connectivity index (χ0) is 15.9. The Kier molecular flexibility index (Phi) is 4.88. The quantitative estimate of drug-likeness (QED) is 0.679. The fourth-order valence-corrected chi connectivity index (χ4v) is 2.17. The lowest BCUT2D eigenvalue weighted by molar-refractivity contribution is 0.619. The first kappa shape index (κ1) is 15.1. The summed E-state index contributed by atoms with van der Waals surface area (Å²) in [5.74, 6) is 0.478. The van der Waals surface area contributed by atoms with Crippen molar-refractivity contribution in [2.24, 2.45) is 0 Å². The number of rotatable bonds is 7. The van der Waals surface area contributed by atoms with Gasteiger partial charge in [-0.05, 0) is 49.2 Å². The van der Waals surface area contributed by atoms with E-state index in [1.807, 2.05) is 16.7 Å². The molecule has 0 fully saturated rings. The lowest BCUT2D eigenvalue weighted by Gasteiger charge is -2.06. The van der Waals surface area contributed by atoms with Crippen molar-refractivity contribution in [3.05, 3.63) is 54.9 Å². The van der Waals surface area contributed by atoms with Gasteiger partial charge >= 0.3 is 0 Å². The Labute approximate surface area is 133 Å². The molecule has 6 nitrogen and oxygen atoms in total. The van der Waals surface area contributed by atoms with Gasteiger partial charge in [0, 0.05) is 18.7 Å². The van der Waals surface area contributed by atoms with Gasteiger partial charge in [-0.25, -0.2) is 4.39 Å². The fraction of sp³-hybridized carbons (Fsp3) is 0.250. The van der Waals surface area contributed by atoms with E-state index in [0.717, 1.165) is 43.0 Å². The number of aryl methyl sites for hydroxylation is 1. The van der Waals surface area contributed by atoms with Crippen molar-refractivity contribution in [3.8, 4) is 11.3 Å². The first-order chi connectivity index (χ1) is 11.3. The topological polar surface area (TPSA) is 68.5 Å². The number of benzene rings is 1. The predicted molar refractivity (Wildman–Crippen MR) is 85.2 cm³/mol. The highest BCUT2D eigenvalue weighted by atomic mass is 19.1. The highest BCUT2D eigenvalue weighted by Gasteiger charge is 2.01. The molecule has 0 saturated heterocycles. The van der Waals surface area contributed by atoms with Crippen molar-refractivity contribution in [2.45, 2.75) is 19.4 Å².